The fourth-order valence-corrected chi connectivity index (χ4v) is 4.74. The molecule has 0 aliphatic carbocycles. The number of methoxy groups -OCH3 is 1. The number of benzene rings is 2. The average Bonchev–Trinajstić information content (AvgIpc) is 3.18. The van der Waals surface area contributed by atoms with Crippen LogP contribution in [0.15, 0.2) is 30.3 Å². The van der Waals surface area contributed by atoms with Crippen LogP contribution in [0.4, 0.5) is 22.4 Å². The molecular formula is C24H23F4NO5. The maximum atomic E-state index is 14.6. The van der Waals surface area contributed by atoms with Gasteiger partial charge in [0.1, 0.15) is 18.2 Å². The Morgan fingerprint density at radius 1 is 1.21 bits per heavy atom. The zero-order valence-electron chi connectivity index (χ0n) is 18.3. The summed E-state index contributed by atoms with van der Waals surface area (Å²) in [5.41, 5.74) is 0.168. The molecule has 2 atom stereocenters. The van der Waals surface area contributed by atoms with Crippen molar-refractivity contribution in [3.63, 3.8) is 0 Å². The number of nitrogens with zero attached hydrogens (tertiary/aromatic N) is 1. The molecule has 0 bridgehead atoms. The molecule has 2 saturated heterocycles. The molecule has 34 heavy (non-hydrogen) atoms. The molecule has 0 radical (unpaired) electrons. The Bertz CT molecular complexity index is 1120. The molecule has 2 aliphatic rings. The number of ether oxygens (including phenoxy) is 2. The van der Waals surface area contributed by atoms with Crippen LogP contribution >= 0.6 is 0 Å². The van der Waals surface area contributed by atoms with E-state index in [1.807, 2.05) is 0 Å². The molecular weight excluding hydrogens is 458 g/mol. The number of carbonyl (C=O) groups excluding carboxylic acids is 1. The lowest BCUT2D eigenvalue weighted by atomic mass is 9.85. The van der Waals surface area contributed by atoms with Crippen LogP contribution in [0, 0.1) is 5.82 Å². The monoisotopic (exact) mass is 481 g/mol. The number of aliphatic carboxylic acids is 1. The molecule has 2 heterocycles. The number of hydrogen-bond acceptors (Lipinski definition) is 4. The molecule has 10 heteroatoms. The third-order valence-electron chi connectivity index (χ3n) is 6.36. The van der Waals surface area contributed by atoms with Crippen molar-refractivity contribution in [3.8, 4) is 16.9 Å². The largest absolute Gasteiger partial charge is 0.496 e. The van der Waals surface area contributed by atoms with Gasteiger partial charge in [0.2, 0.25) is 0 Å². The highest BCUT2D eigenvalue weighted by molar-refractivity contribution is 5.77. The maximum absolute atomic E-state index is 14.6. The highest BCUT2D eigenvalue weighted by Gasteiger charge is 2.43. The number of hydrogen-bond donors (Lipinski definition) is 1. The molecule has 1 amide bonds. The number of fused-ring (bicyclic) bond motifs is 1. The summed E-state index contributed by atoms with van der Waals surface area (Å²) in [7, 11) is 1.31. The molecule has 6 nitrogen and oxygen atoms in total. The molecule has 0 saturated carbocycles. The Hall–Kier alpha value is -3.30. The van der Waals surface area contributed by atoms with E-state index in [1.54, 1.807) is 0 Å². The highest BCUT2D eigenvalue weighted by atomic mass is 19.4. The first kappa shape index (κ1) is 23.8. The van der Waals surface area contributed by atoms with Gasteiger partial charge in [-0.05, 0) is 60.6 Å². The van der Waals surface area contributed by atoms with Crippen molar-refractivity contribution in [2.45, 2.75) is 50.4 Å². The number of carbonyl (C=O) groups is 2. The Balaban J connectivity index is 1.89. The predicted octanol–water partition coefficient (Wildman–Crippen LogP) is 5.58. The lowest BCUT2D eigenvalue weighted by Gasteiger charge is -2.37. The number of carboxylic acid groups (broad SMARTS) is 1. The van der Waals surface area contributed by atoms with Crippen molar-refractivity contribution in [1.29, 1.82) is 0 Å². The maximum Gasteiger partial charge on any atom is 0.416 e. The molecule has 4 rings (SSSR count). The zero-order valence-corrected chi connectivity index (χ0v) is 18.3. The Kier molecular flexibility index (Phi) is 6.42. The third kappa shape index (κ3) is 4.53. The molecule has 1 unspecified atom stereocenters. The van der Waals surface area contributed by atoms with E-state index in [2.05, 4.69) is 0 Å². The fraction of sp³-hybridized carbons (Fsp3) is 0.417. The number of halogens is 4. The Morgan fingerprint density at radius 3 is 2.65 bits per heavy atom. The van der Waals surface area contributed by atoms with Crippen molar-refractivity contribution in [2.24, 2.45) is 0 Å². The van der Waals surface area contributed by atoms with Crippen LogP contribution in [-0.4, -0.2) is 41.8 Å². The predicted molar refractivity (Wildman–Crippen MR) is 113 cm³/mol. The molecule has 1 N–H and O–H groups in total. The molecule has 0 spiro atoms. The average molecular weight is 481 g/mol. The van der Waals surface area contributed by atoms with Gasteiger partial charge in [0.05, 0.1) is 24.8 Å². The second-order valence-electron chi connectivity index (χ2n) is 8.42. The summed E-state index contributed by atoms with van der Waals surface area (Å²) in [6.45, 7) is 0.183. The van der Waals surface area contributed by atoms with Gasteiger partial charge < -0.3 is 14.6 Å². The summed E-state index contributed by atoms with van der Waals surface area (Å²) in [4.78, 5) is 24.9. The number of rotatable bonds is 6. The molecule has 2 aromatic carbocycles. The van der Waals surface area contributed by atoms with Crippen molar-refractivity contribution in [2.75, 3.05) is 13.7 Å². The van der Waals surface area contributed by atoms with E-state index in [0.717, 1.165) is 18.2 Å². The lowest BCUT2D eigenvalue weighted by molar-refractivity contribution is -0.138. The summed E-state index contributed by atoms with van der Waals surface area (Å²) in [5.74, 6) is -1.68. The van der Waals surface area contributed by atoms with Crippen LogP contribution in [0.1, 0.15) is 48.4 Å². The van der Waals surface area contributed by atoms with E-state index in [1.165, 1.54) is 24.1 Å². The minimum Gasteiger partial charge on any atom is -0.496 e. The second-order valence-corrected chi connectivity index (χ2v) is 8.42. The minimum atomic E-state index is -4.60. The number of carboxylic acids is 1. The molecule has 2 aromatic rings. The van der Waals surface area contributed by atoms with E-state index in [0.29, 0.717) is 30.4 Å². The van der Waals surface area contributed by atoms with Gasteiger partial charge in [-0.2, -0.15) is 13.2 Å². The molecule has 2 aliphatic heterocycles. The summed E-state index contributed by atoms with van der Waals surface area (Å²) in [6.07, 6.45) is -3.77. The standard InChI is InChI=1S/C24H23F4NO5/c1-33-21-11-19(25)13(5-8-22(30)31)9-18(21)16-7-6-14(24(26,27)28)10-17(16)20-4-2-3-15-12-34-23(32)29(15)20/h6-7,9-11,15,20H,2-5,8,12H2,1H3,(H,30,31)/t15?,20-/m0/s1. The van der Waals surface area contributed by atoms with E-state index >= 15 is 0 Å². The SMILES string of the molecule is COc1cc(F)c(CCC(=O)O)cc1-c1ccc(C(F)(F)F)cc1[C@@H]1CCCC2COC(=O)N21. The van der Waals surface area contributed by atoms with Gasteiger partial charge >= 0.3 is 18.2 Å². The lowest BCUT2D eigenvalue weighted by Crippen LogP contribution is -2.40. The van der Waals surface area contributed by atoms with Crippen molar-refractivity contribution in [3.05, 3.63) is 52.8 Å². The van der Waals surface area contributed by atoms with Gasteiger partial charge in [-0.1, -0.05) is 6.07 Å². The van der Waals surface area contributed by atoms with Gasteiger partial charge in [-0.25, -0.2) is 9.18 Å². The van der Waals surface area contributed by atoms with E-state index in [-0.39, 0.29) is 42.4 Å². The van der Waals surface area contributed by atoms with Crippen LogP contribution in [-0.2, 0) is 22.1 Å². The number of piperidine rings is 1. The smallest absolute Gasteiger partial charge is 0.416 e. The van der Waals surface area contributed by atoms with Gasteiger partial charge in [0, 0.05) is 18.1 Å². The van der Waals surface area contributed by atoms with Crippen LogP contribution in [0.2, 0.25) is 0 Å². The number of aryl methyl sites for hydroxylation is 1. The van der Waals surface area contributed by atoms with Gasteiger partial charge in [-0.3, -0.25) is 9.69 Å². The van der Waals surface area contributed by atoms with Crippen LogP contribution in [0.3, 0.4) is 0 Å². The molecule has 182 valence electrons. The second kappa shape index (κ2) is 9.15. The van der Waals surface area contributed by atoms with Crippen LogP contribution in [0.5, 0.6) is 5.75 Å². The first-order chi connectivity index (χ1) is 16.1. The van der Waals surface area contributed by atoms with Gasteiger partial charge in [0.15, 0.2) is 0 Å². The zero-order chi connectivity index (χ0) is 24.6. The molecule has 2 fully saturated rings. The third-order valence-corrected chi connectivity index (χ3v) is 6.36. The summed E-state index contributed by atoms with van der Waals surface area (Å²) in [5, 5.41) is 8.98. The topological polar surface area (TPSA) is 76.1 Å². The van der Waals surface area contributed by atoms with E-state index in [4.69, 9.17) is 14.6 Å². The number of cyclic esters (lactones) is 1. The highest BCUT2D eigenvalue weighted by Crippen LogP contribution is 2.45. The first-order valence-corrected chi connectivity index (χ1v) is 10.8. The minimum absolute atomic E-state index is 0.0916. The van der Waals surface area contributed by atoms with Crippen LogP contribution in [0.25, 0.3) is 11.1 Å². The van der Waals surface area contributed by atoms with Gasteiger partial charge in [-0.15, -0.1) is 0 Å². The summed E-state index contributed by atoms with van der Waals surface area (Å²) in [6, 6.07) is 4.86. The Labute approximate surface area is 193 Å². The first-order valence-electron chi connectivity index (χ1n) is 10.8. The quantitative estimate of drug-likeness (QED) is 0.545. The van der Waals surface area contributed by atoms with Crippen molar-refractivity contribution >= 4 is 12.1 Å². The van der Waals surface area contributed by atoms with Crippen molar-refractivity contribution in [1.82, 2.24) is 4.90 Å². The van der Waals surface area contributed by atoms with Crippen molar-refractivity contribution < 1.29 is 41.7 Å². The van der Waals surface area contributed by atoms with E-state index in [9.17, 15) is 27.2 Å². The number of amides is 1. The fourth-order valence-electron chi connectivity index (χ4n) is 4.74. The van der Waals surface area contributed by atoms with Gasteiger partial charge in [0.25, 0.3) is 0 Å². The normalized spacial score (nSPS) is 20.1. The summed E-state index contributed by atoms with van der Waals surface area (Å²) < 4.78 is 65.9. The van der Waals surface area contributed by atoms with Crippen LogP contribution < -0.4 is 4.74 Å². The summed E-state index contributed by atoms with van der Waals surface area (Å²) >= 11 is 0. The molecule has 0 aromatic heterocycles. The number of alkyl halides is 3. The Morgan fingerprint density at radius 2 is 1.97 bits per heavy atom. The van der Waals surface area contributed by atoms with E-state index < -0.39 is 35.7 Å².